The minimum Gasteiger partial charge on any atom is -0.320 e. The maximum absolute atomic E-state index is 12.2. The molecule has 0 aliphatic rings. The van der Waals surface area contributed by atoms with Gasteiger partial charge < -0.3 is 10.6 Å². The van der Waals surface area contributed by atoms with Crippen LogP contribution in [0.4, 0.5) is 10.8 Å². The summed E-state index contributed by atoms with van der Waals surface area (Å²) in [6.07, 6.45) is 1.79. The van der Waals surface area contributed by atoms with Gasteiger partial charge in [0.05, 0.1) is 16.9 Å². The van der Waals surface area contributed by atoms with Gasteiger partial charge in [-0.2, -0.15) is 0 Å². The first-order valence-electron chi connectivity index (χ1n) is 6.33. The number of thiazole rings is 1. The molecule has 1 aromatic carbocycles. The molecule has 2 aromatic rings. The lowest BCUT2D eigenvalue weighted by Crippen LogP contribution is -2.11. The number of aryl methyl sites for hydroxylation is 1. The Morgan fingerprint density at radius 3 is 2.76 bits per heavy atom. The summed E-state index contributed by atoms with van der Waals surface area (Å²) in [6.45, 7) is 3.61. The van der Waals surface area contributed by atoms with Crippen LogP contribution in [0.1, 0.15) is 28.6 Å². The molecule has 0 spiro atoms. The van der Waals surface area contributed by atoms with Gasteiger partial charge in [-0.3, -0.25) is 9.59 Å². The second-order valence-electron chi connectivity index (χ2n) is 4.32. The summed E-state index contributed by atoms with van der Waals surface area (Å²) in [5.74, 6) is -0.445. The number of aromatic nitrogens is 1. The molecule has 0 radical (unpaired) electrons. The average Bonchev–Trinajstić information content (AvgIpc) is 2.91. The maximum Gasteiger partial charge on any atom is 0.267 e. The molecule has 0 aliphatic heterocycles. The molecule has 0 saturated heterocycles. The average molecular weight is 324 g/mol. The van der Waals surface area contributed by atoms with Crippen LogP contribution in [0.2, 0.25) is 5.02 Å². The van der Waals surface area contributed by atoms with Crippen LogP contribution in [0.25, 0.3) is 0 Å². The molecule has 7 heteroatoms. The van der Waals surface area contributed by atoms with Gasteiger partial charge in [-0.15, -0.1) is 0 Å². The summed E-state index contributed by atoms with van der Waals surface area (Å²) in [4.78, 5) is 27.9. The highest BCUT2D eigenvalue weighted by atomic mass is 35.5. The van der Waals surface area contributed by atoms with Gasteiger partial charge in [-0.1, -0.05) is 42.0 Å². The summed E-state index contributed by atoms with van der Waals surface area (Å²) >= 11 is 7.19. The highest BCUT2D eigenvalue weighted by Gasteiger charge is 2.14. The lowest BCUT2D eigenvalue weighted by atomic mass is 10.2. The molecule has 5 nitrogen and oxygen atoms in total. The van der Waals surface area contributed by atoms with E-state index < -0.39 is 0 Å². The Balaban J connectivity index is 2.12. The van der Waals surface area contributed by atoms with Crippen molar-refractivity contribution in [3.05, 3.63) is 39.9 Å². The minimum atomic E-state index is -0.305. The van der Waals surface area contributed by atoms with Gasteiger partial charge in [0.25, 0.3) is 5.91 Å². The van der Waals surface area contributed by atoms with Crippen molar-refractivity contribution >= 4 is 45.6 Å². The molecule has 0 atom stereocenters. The number of hydrogen-bond acceptors (Lipinski definition) is 4. The molecule has 1 heterocycles. The van der Waals surface area contributed by atoms with E-state index in [0.29, 0.717) is 27.1 Å². The van der Waals surface area contributed by atoms with Crippen molar-refractivity contribution in [3.63, 3.8) is 0 Å². The normalized spacial score (nSPS) is 10.2. The summed E-state index contributed by atoms with van der Waals surface area (Å²) in [5.41, 5.74) is 1.46. The van der Waals surface area contributed by atoms with E-state index in [1.54, 1.807) is 13.0 Å². The number of nitrogens with one attached hydrogen (secondary N) is 2. The first kappa shape index (κ1) is 15.5. The van der Waals surface area contributed by atoms with E-state index in [0.717, 1.165) is 16.9 Å². The van der Waals surface area contributed by atoms with Crippen molar-refractivity contribution in [1.29, 1.82) is 0 Å². The standard InChI is InChI=1S/C14H14ClN3O2S/c1-3-11(19)17-14-16-7-10(21-14)13(20)18-12-8(2)5-4-6-9(12)15/h4-7H,3H2,1-2H3,(H,18,20)(H,16,17,19). The third kappa shape index (κ3) is 3.80. The molecule has 21 heavy (non-hydrogen) atoms. The van der Waals surface area contributed by atoms with E-state index in [2.05, 4.69) is 15.6 Å². The van der Waals surface area contributed by atoms with E-state index in [1.807, 2.05) is 19.1 Å². The highest BCUT2D eigenvalue weighted by molar-refractivity contribution is 7.17. The number of carbonyl (C=O) groups excluding carboxylic acids is 2. The van der Waals surface area contributed by atoms with Gasteiger partial charge in [0, 0.05) is 6.42 Å². The van der Waals surface area contributed by atoms with Crippen LogP contribution >= 0.6 is 22.9 Å². The van der Waals surface area contributed by atoms with Crippen molar-refractivity contribution in [1.82, 2.24) is 4.98 Å². The van der Waals surface area contributed by atoms with Crippen molar-refractivity contribution in [3.8, 4) is 0 Å². The lowest BCUT2D eigenvalue weighted by molar-refractivity contribution is -0.115. The molecule has 0 aliphatic carbocycles. The number of halogens is 1. The zero-order chi connectivity index (χ0) is 15.4. The Bertz CT molecular complexity index is 664. The van der Waals surface area contributed by atoms with Crippen molar-refractivity contribution in [2.24, 2.45) is 0 Å². The fraction of sp³-hybridized carbons (Fsp3) is 0.214. The Kier molecular flexibility index (Phi) is 4.93. The predicted octanol–water partition coefficient (Wildman–Crippen LogP) is 3.71. The summed E-state index contributed by atoms with van der Waals surface area (Å²) in [6, 6.07) is 5.39. The molecular formula is C14H14ClN3O2S. The van der Waals surface area contributed by atoms with E-state index in [1.165, 1.54) is 6.20 Å². The molecule has 0 fully saturated rings. The number of carbonyl (C=O) groups is 2. The largest absolute Gasteiger partial charge is 0.320 e. The number of benzene rings is 1. The Hall–Kier alpha value is -1.92. The Labute approximate surface area is 131 Å². The lowest BCUT2D eigenvalue weighted by Gasteiger charge is -2.08. The van der Waals surface area contributed by atoms with Crippen LogP contribution in [0.3, 0.4) is 0 Å². The van der Waals surface area contributed by atoms with E-state index >= 15 is 0 Å². The van der Waals surface area contributed by atoms with Gasteiger partial charge >= 0.3 is 0 Å². The number of nitrogens with zero attached hydrogens (tertiary/aromatic N) is 1. The minimum absolute atomic E-state index is 0.141. The number of amides is 2. The van der Waals surface area contributed by atoms with Crippen LogP contribution in [-0.2, 0) is 4.79 Å². The molecule has 0 unspecified atom stereocenters. The van der Waals surface area contributed by atoms with Crippen LogP contribution < -0.4 is 10.6 Å². The summed E-state index contributed by atoms with van der Waals surface area (Å²) in [5, 5.41) is 6.26. The van der Waals surface area contributed by atoms with Crippen molar-refractivity contribution in [2.45, 2.75) is 20.3 Å². The first-order valence-corrected chi connectivity index (χ1v) is 7.53. The number of hydrogen-bond donors (Lipinski definition) is 2. The molecule has 0 saturated carbocycles. The second kappa shape index (κ2) is 6.69. The van der Waals surface area contributed by atoms with Gasteiger partial charge in [0.2, 0.25) is 5.91 Å². The summed E-state index contributed by atoms with van der Waals surface area (Å²) < 4.78 is 0. The first-order chi connectivity index (χ1) is 10.0. The van der Waals surface area contributed by atoms with Gasteiger partial charge in [0.1, 0.15) is 4.88 Å². The second-order valence-corrected chi connectivity index (χ2v) is 5.76. The smallest absolute Gasteiger partial charge is 0.267 e. The Morgan fingerprint density at radius 1 is 1.33 bits per heavy atom. The predicted molar refractivity (Wildman–Crippen MR) is 85.2 cm³/mol. The van der Waals surface area contributed by atoms with E-state index in [-0.39, 0.29) is 11.8 Å². The zero-order valence-corrected chi connectivity index (χ0v) is 13.1. The van der Waals surface area contributed by atoms with Gasteiger partial charge in [-0.05, 0) is 18.6 Å². The SMILES string of the molecule is CCC(=O)Nc1ncc(C(=O)Nc2c(C)cccc2Cl)s1. The molecular weight excluding hydrogens is 310 g/mol. The molecule has 2 N–H and O–H groups in total. The van der Waals surface area contributed by atoms with E-state index in [4.69, 9.17) is 11.6 Å². The van der Waals surface area contributed by atoms with Crippen LogP contribution in [0, 0.1) is 6.92 Å². The molecule has 2 rings (SSSR count). The maximum atomic E-state index is 12.2. The fourth-order valence-corrected chi connectivity index (χ4v) is 2.61. The van der Waals surface area contributed by atoms with Crippen molar-refractivity contribution in [2.75, 3.05) is 10.6 Å². The van der Waals surface area contributed by atoms with E-state index in [9.17, 15) is 9.59 Å². The van der Waals surface area contributed by atoms with Crippen LogP contribution in [0.5, 0.6) is 0 Å². The van der Waals surface area contributed by atoms with Crippen LogP contribution in [-0.4, -0.2) is 16.8 Å². The summed E-state index contributed by atoms with van der Waals surface area (Å²) in [7, 11) is 0. The quantitative estimate of drug-likeness (QED) is 0.901. The third-order valence-electron chi connectivity index (χ3n) is 2.76. The monoisotopic (exact) mass is 323 g/mol. The highest BCUT2D eigenvalue weighted by Crippen LogP contribution is 2.27. The zero-order valence-electron chi connectivity index (χ0n) is 11.6. The van der Waals surface area contributed by atoms with Crippen LogP contribution in [0.15, 0.2) is 24.4 Å². The molecule has 1 aromatic heterocycles. The van der Waals surface area contributed by atoms with Gasteiger partial charge in [-0.25, -0.2) is 4.98 Å². The molecule has 2 amide bonds. The Morgan fingerprint density at radius 2 is 2.10 bits per heavy atom. The number of anilines is 2. The third-order valence-corrected chi connectivity index (χ3v) is 3.98. The fourth-order valence-electron chi connectivity index (χ4n) is 1.61. The molecule has 0 bridgehead atoms. The number of rotatable bonds is 4. The van der Waals surface area contributed by atoms with Crippen molar-refractivity contribution < 1.29 is 9.59 Å². The topological polar surface area (TPSA) is 71.1 Å². The number of para-hydroxylation sites is 1. The molecule has 110 valence electrons. The van der Waals surface area contributed by atoms with Gasteiger partial charge in [0.15, 0.2) is 5.13 Å².